The molecule has 3 N–H and O–H groups in total. The van der Waals surface area contributed by atoms with E-state index in [9.17, 15) is 4.79 Å². The fourth-order valence-corrected chi connectivity index (χ4v) is 1.87. The summed E-state index contributed by atoms with van der Waals surface area (Å²) in [5.74, 6) is 1.10. The minimum absolute atomic E-state index is 0.208. The summed E-state index contributed by atoms with van der Waals surface area (Å²) in [6.07, 6.45) is 7.61. The summed E-state index contributed by atoms with van der Waals surface area (Å²) in [6, 6.07) is 0.361. The molecule has 0 aromatic heterocycles. The Morgan fingerprint density at radius 2 is 2.13 bits per heavy atom. The van der Waals surface area contributed by atoms with E-state index in [4.69, 9.17) is 5.73 Å². The third kappa shape index (κ3) is 6.50. The molecule has 0 bridgehead atoms. The van der Waals surface area contributed by atoms with Gasteiger partial charge in [-0.2, -0.15) is 0 Å². The van der Waals surface area contributed by atoms with Crippen molar-refractivity contribution in [3.63, 3.8) is 0 Å². The van der Waals surface area contributed by atoms with Crippen LogP contribution in [0.25, 0.3) is 0 Å². The van der Waals surface area contributed by atoms with Crippen molar-refractivity contribution < 1.29 is 4.79 Å². The predicted octanol–water partition coefficient (Wildman–Crippen LogP) is 1.81. The Balaban J connectivity index is 1.96. The van der Waals surface area contributed by atoms with Gasteiger partial charge in [-0.25, -0.2) is 0 Å². The van der Waals surface area contributed by atoms with Crippen molar-refractivity contribution in [2.24, 2.45) is 11.7 Å². The summed E-state index contributed by atoms with van der Waals surface area (Å²) in [7, 11) is 0. The molecule has 0 aromatic carbocycles. The van der Waals surface area contributed by atoms with Crippen LogP contribution in [0.1, 0.15) is 51.9 Å². The summed E-state index contributed by atoms with van der Waals surface area (Å²) in [4.78, 5) is 11.5. The molecule has 1 saturated carbocycles. The first-order valence-electron chi connectivity index (χ1n) is 6.21. The van der Waals surface area contributed by atoms with Gasteiger partial charge in [0.1, 0.15) is 0 Å². The first-order chi connectivity index (χ1) is 7.22. The van der Waals surface area contributed by atoms with E-state index in [-0.39, 0.29) is 5.91 Å². The second-order valence-electron chi connectivity index (χ2n) is 4.75. The number of rotatable bonds is 8. The predicted molar refractivity (Wildman–Crippen MR) is 62.5 cm³/mol. The zero-order valence-electron chi connectivity index (χ0n) is 9.80. The first kappa shape index (κ1) is 12.5. The number of carbonyl (C=O) groups is 1. The van der Waals surface area contributed by atoms with Crippen LogP contribution in [0.2, 0.25) is 0 Å². The molecule has 15 heavy (non-hydrogen) atoms. The molecule has 1 unspecified atom stereocenters. The lowest BCUT2D eigenvalue weighted by molar-refractivity contribution is -0.121. The number of nitrogens with one attached hydrogen (secondary N) is 1. The van der Waals surface area contributed by atoms with Crippen LogP contribution in [0, 0.1) is 5.92 Å². The quantitative estimate of drug-likeness (QED) is 0.603. The molecule has 3 nitrogen and oxygen atoms in total. The first-order valence-corrected chi connectivity index (χ1v) is 6.21. The Hall–Kier alpha value is -0.570. The van der Waals surface area contributed by atoms with Crippen molar-refractivity contribution >= 4 is 5.91 Å². The van der Waals surface area contributed by atoms with Crippen molar-refractivity contribution in [3.8, 4) is 0 Å². The molecule has 1 aliphatic rings. The minimum atomic E-state index is 0.208. The highest BCUT2D eigenvalue weighted by atomic mass is 16.1. The molecule has 1 amide bonds. The number of hydrogen-bond donors (Lipinski definition) is 2. The topological polar surface area (TPSA) is 55.1 Å². The molecule has 0 heterocycles. The number of carbonyl (C=O) groups excluding carboxylic acids is 1. The lowest BCUT2D eigenvalue weighted by Gasteiger charge is -2.13. The molecule has 0 radical (unpaired) electrons. The number of hydrogen-bond acceptors (Lipinski definition) is 2. The summed E-state index contributed by atoms with van der Waals surface area (Å²) in [6.45, 7) is 2.84. The van der Waals surface area contributed by atoms with E-state index in [2.05, 4.69) is 12.2 Å². The number of amides is 1. The molecule has 1 aliphatic carbocycles. The molecule has 0 aromatic rings. The Kier molecular flexibility index (Phi) is 5.69. The van der Waals surface area contributed by atoms with Crippen molar-refractivity contribution in [2.75, 3.05) is 6.54 Å². The Morgan fingerprint density at radius 3 is 2.73 bits per heavy atom. The highest BCUT2D eigenvalue weighted by molar-refractivity contribution is 5.76. The van der Waals surface area contributed by atoms with Crippen LogP contribution >= 0.6 is 0 Å². The van der Waals surface area contributed by atoms with Crippen LogP contribution in [0.3, 0.4) is 0 Å². The summed E-state index contributed by atoms with van der Waals surface area (Å²) < 4.78 is 0. The zero-order chi connectivity index (χ0) is 11.1. The second-order valence-corrected chi connectivity index (χ2v) is 4.75. The highest BCUT2D eigenvalue weighted by Crippen LogP contribution is 2.33. The number of unbranched alkanes of at least 4 members (excludes halogenated alkanes) is 2. The van der Waals surface area contributed by atoms with E-state index in [0.29, 0.717) is 12.5 Å². The molecule has 88 valence electrons. The lowest BCUT2D eigenvalue weighted by atomic mass is 10.1. The minimum Gasteiger partial charge on any atom is -0.354 e. The standard InChI is InChI=1S/C12H24N2O/c1-10(9-11-6-7-11)14-12(15)5-3-2-4-8-13/h10-11H,2-9,13H2,1H3,(H,14,15). The fraction of sp³-hybridized carbons (Fsp3) is 0.917. The maximum absolute atomic E-state index is 11.5. The van der Waals surface area contributed by atoms with Crippen LogP contribution in [-0.2, 0) is 4.79 Å². The monoisotopic (exact) mass is 212 g/mol. The van der Waals surface area contributed by atoms with Crippen molar-refractivity contribution in [1.82, 2.24) is 5.32 Å². The second kappa shape index (κ2) is 6.83. The molecule has 0 aliphatic heterocycles. The molecule has 0 saturated heterocycles. The molecule has 1 fully saturated rings. The van der Waals surface area contributed by atoms with Crippen LogP contribution in [0.4, 0.5) is 0 Å². The van der Waals surface area contributed by atoms with E-state index in [0.717, 1.165) is 38.1 Å². The van der Waals surface area contributed by atoms with Crippen molar-refractivity contribution in [1.29, 1.82) is 0 Å². The fourth-order valence-electron chi connectivity index (χ4n) is 1.87. The van der Waals surface area contributed by atoms with Crippen LogP contribution in [0.5, 0.6) is 0 Å². The van der Waals surface area contributed by atoms with Gasteiger partial charge >= 0.3 is 0 Å². The van der Waals surface area contributed by atoms with Gasteiger partial charge in [0.05, 0.1) is 0 Å². The molecule has 1 rings (SSSR count). The Bertz CT molecular complexity index is 190. The normalized spacial score (nSPS) is 17.5. The summed E-state index contributed by atoms with van der Waals surface area (Å²) >= 11 is 0. The average molecular weight is 212 g/mol. The van der Waals surface area contributed by atoms with Gasteiger partial charge in [0.2, 0.25) is 5.91 Å². The van der Waals surface area contributed by atoms with E-state index in [1.807, 2.05) is 0 Å². The average Bonchev–Trinajstić information content (AvgIpc) is 2.96. The van der Waals surface area contributed by atoms with Gasteiger partial charge in [-0.15, -0.1) is 0 Å². The third-order valence-corrected chi connectivity index (χ3v) is 2.90. The van der Waals surface area contributed by atoms with Crippen LogP contribution in [0.15, 0.2) is 0 Å². The van der Waals surface area contributed by atoms with Gasteiger partial charge in [0.25, 0.3) is 0 Å². The van der Waals surface area contributed by atoms with Gasteiger partial charge in [0.15, 0.2) is 0 Å². The molecular formula is C12H24N2O. The largest absolute Gasteiger partial charge is 0.354 e. The SMILES string of the molecule is CC(CC1CC1)NC(=O)CCCCCN. The van der Waals surface area contributed by atoms with Gasteiger partial charge in [-0.05, 0) is 38.6 Å². The van der Waals surface area contributed by atoms with Crippen molar-refractivity contribution in [3.05, 3.63) is 0 Å². The van der Waals surface area contributed by atoms with E-state index >= 15 is 0 Å². The van der Waals surface area contributed by atoms with Gasteiger partial charge < -0.3 is 11.1 Å². The third-order valence-electron chi connectivity index (χ3n) is 2.90. The molecular weight excluding hydrogens is 188 g/mol. The van der Waals surface area contributed by atoms with E-state index in [1.54, 1.807) is 0 Å². The lowest BCUT2D eigenvalue weighted by Crippen LogP contribution is -2.32. The highest BCUT2D eigenvalue weighted by Gasteiger charge is 2.23. The smallest absolute Gasteiger partial charge is 0.220 e. The Morgan fingerprint density at radius 1 is 1.40 bits per heavy atom. The van der Waals surface area contributed by atoms with Crippen LogP contribution in [-0.4, -0.2) is 18.5 Å². The van der Waals surface area contributed by atoms with Gasteiger partial charge in [0, 0.05) is 12.5 Å². The molecule has 1 atom stereocenters. The molecule has 0 spiro atoms. The maximum Gasteiger partial charge on any atom is 0.220 e. The summed E-state index contributed by atoms with van der Waals surface area (Å²) in [5.41, 5.74) is 5.39. The van der Waals surface area contributed by atoms with Crippen LogP contribution < -0.4 is 11.1 Å². The summed E-state index contributed by atoms with van der Waals surface area (Å²) in [5, 5.41) is 3.06. The molecule has 3 heteroatoms. The maximum atomic E-state index is 11.5. The Labute approximate surface area is 92.8 Å². The van der Waals surface area contributed by atoms with Crippen molar-refractivity contribution in [2.45, 2.75) is 57.9 Å². The van der Waals surface area contributed by atoms with Gasteiger partial charge in [-0.3, -0.25) is 4.79 Å². The van der Waals surface area contributed by atoms with E-state index < -0.39 is 0 Å². The number of nitrogens with two attached hydrogens (primary N) is 1. The van der Waals surface area contributed by atoms with Gasteiger partial charge in [-0.1, -0.05) is 19.3 Å². The van der Waals surface area contributed by atoms with E-state index in [1.165, 1.54) is 12.8 Å². The zero-order valence-corrected chi connectivity index (χ0v) is 9.80.